The molecule has 1 saturated heterocycles. The summed E-state index contributed by atoms with van der Waals surface area (Å²) in [7, 11) is 0. The Hall–Kier alpha value is -1.67. The van der Waals surface area contributed by atoms with Crippen molar-refractivity contribution in [1.29, 1.82) is 0 Å². The maximum absolute atomic E-state index is 12.0. The first-order valence-corrected chi connectivity index (χ1v) is 7.39. The number of nitrogens with one attached hydrogen (secondary N) is 1. The van der Waals surface area contributed by atoms with Gasteiger partial charge in [-0.25, -0.2) is 0 Å². The Labute approximate surface area is 127 Å². The number of morpholine rings is 1. The number of hydrogen-bond donors (Lipinski definition) is 2. The highest BCUT2D eigenvalue weighted by atomic mass is 32.1. The maximum atomic E-state index is 12.0. The third kappa shape index (κ3) is 3.51. The Bertz CT molecular complexity index is 631. The zero-order valence-electron chi connectivity index (χ0n) is 12.2. The number of aromatic nitrogens is 2. The molecular weight excluding hydrogens is 292 g/mol. The molecule has 0 spiro atoms. The van der Waals surface area contributed by atoms with Gasteiger partial charge in [-0.3, -0.25) is 19.4 Å². The molecule has 21 heavy (non-hydrogen) atoms. The van der Waals surface area contributed by atoms with Gasteiger partial charge < -0.3 is 9.84 Å². The fourth-order valence-electron chi connectivity index (χ4n) is 2.07. The third-order valence-electron chi connectivity index (χ3n) is 3.52. The molecule has 2 heterocycles. The molecule has 1 unspecified atom stereocenters. The van der Waals surface area contributed by atoms with Crippen LogP contribution in [0.4, 0.5) is 0 Å². The zero-order valence-corrected chi connectivity index (χ0v) is 13.0. The summed E-state index contributed by atoms with van der Waals surface area (Å²) < 4.78 is 6.99. The summed E-state index contributed by atoms with van der Waals surface area (Å²) in [4.78, 5) is 14.5. The molecule has 0 radical (unpaired) electrons. The molecule has 7 nitrogen and oxygen atoms in total. The van der Waals surface area contributed by atoms with Crippen molar-refractivity contribution >= 4 is 18.4 Å². The average Bonchev–Trinajstić information content (AvgIpc) is 2.47. The van der Waals surface area contributed by atoms with Crippen molar-refractivity contribution in [3.63, 3.8) is 0 Å². The molecule has 1 atom stereocenters. The number of hydrogen-bond acceptors (Lipinski definition) is 6. The highest BCUT2D eigenvalue weighted by Gasteiger charge is 2.15. The molecule has 1 aromatic heterocycles. The van der Waals surface area contributed by atoms with Gasteiger partial charge in [-0.15, -0.1) is 0 Å². The quantitative estimate of drug-likeness (QED) is 0.646. The van der Waals surface area contributed by atoms with Crippen LogP contribution in [0.1, 0.15) is 31.9 Å². The number of hydrazone groups is 1. The van der Waals surface area contributed by atoms with Crippen LogP contribution in [0.15, 0.2) is 9.90 Å². The second kappa shape index (κ2) is 6.86. The van der Waals surface area contributed by atoms with E-state index in [1.807, 2.05) is 13.8 Å². The van der Waals surface area contributed by atoms with E-state index in [0.717, 1.165) is 6.42 Å². The van der Waals surface area contributed by atoms with Crippen LogP contribution < -0.4 is 5.56 Å². The van der Waals surface area contributed by atoms with E-state index in [9.17, 15) is 9.90 Å². The summed E-state index contributed by atoms with van der Waals surface area (Å²) >= 11 is 5.11. The predicted octanol–water partition coefficient (Wildman–Crippen LogP) is 1.25. The van der Waals surface area contributed by atoms with Crippen LogP contribution in [-0.2, 0) is 4.74 Å². The molecule has 1 fully saturated rings. The Kier molecular flexibility index (Phi) is 5.13. The molecule has 0 aromatic carbocycles. The summed E-state index contributed by atoms with van der Waals surface area (Å²) in [5, 5.41) is 16.4. The summed E-state index contributed by atoms with van der Waals surface area (Å²) in [6.45, 7) is 6.46. The second-order valence-corrected chi connectivity index (χ2v) is 5.32. The van der Waals surface area contributed by atoms with Gasteiger partial charge in [-0.05, 0) is 25.6 Å². The molecule has 0 saturated carbocycles. The predicted molar refractivity (Wildman–Crippen MR) is 82.5 cm³/mol. The lowest BCUT2D eigenvalue weighted by Gasteiger charge is -2.23. The van der Waals surface area contributed by atoms with Crippen molar-refractivity contribution < 1.29 is 9.84 Å². The highest BCUT2D eigenvalue weighted by Crippen LogP contribution is 2.20. The van der Waals surface area contributed by atoms with Gasteiger partial charge in [0.15, 0.2) is 4.77 Å². The largest absolute Gasteiger partial charge is 0.494 e. The van der Waals surface area contributed by atoms with Crippen LogP contribution in [0.5, 0.6) is 5.88 Å². The van der Waals surface area contributed by atoms with Gasteiger partial charge in [-0.1, -0.05) is 6.92 Å². The molecule has 0 amide bonds. The van der Waals surface area contributed by atoms with Gasteiger partial charge in [0, 0.05) is 6.04 Å². The molecule has 1 aliphatic rings. The van der Waals surface area contributed by atoms with Gasteiger partial charge in [0.25, 0.3) is 5.56 Å². The van der Waals surface area contributed by atoms with Crippen molar-refractivity contribution in [3.05, 3.63) is 20.7 Å². The normalized spacial score (nSPS) is 17.3. The monoisotopic (exact) mass is 312 g/mol. The van der Waals surface area contributed by atoms with E-state index in [1.165, 1.54) is 10.8 Å². The molecule has 0 bridgehead atoms. The number of ether oxygens (including phenoxy) is 1. The second-order valence-electron chi connectivity index (χ2n) is 4.93. The molecule has 2 rings (SSSR count). The van der Waals surface area contributed by atoms with E-state index < -0.39 is 5.56 Å². The summed E-state index contributed by atoms with van der Waals surface area (Å²) in [5.41, 5.74) is -0.315. The lowest BCUT2D eigenvalue weighted by atomic mass is 10.2. The van der Waals surface area contributed by atoms with E-state index in [0.29, 0.717) is 26.3 Å². The Balaban J connectivity index is 2.36. The van der Waals surface area contributed by atoms with Crippen LogP contribution >= 0.6 is 12.2 Å². The van der Waals surface area contributed by atoms with E-state index >= 15 is 0 Å². The van der Waals surface area contributed by atoms with Crippen molar-refractivity contribution in [2.45, 2.75) is 26.3 Å². The van der Waals surface area contributed by atoms with Gasteiger partial charge in [0.1, 0.15) is 5.56 Å². The Morgan fingerprint density at radius 2 is 2.19 bits per heavy atom. The molecule has 2 N–H and O–H groups in total. The van der Waals surface area contributed by atoms with E-state index in [-0.39, 0.29) is 22.3 Å². The standard InChI is InChI=1S/C13H20N4O3S/c1-3-9(2)17-12(19)10(11(18)15-13(17)21)8-14-16-4-6-20-7-5-16/h8-9,19H,3-7H2,1-2H3,(H,15,18,21)/b14-8+. The Morgan fingerprint density at radius 3 is 2.81 bits per heavy atom. The zero-order chi connectivity index (χ0) is 15.4. The maximum Gasteiger partial charge on any atom is 0.264 e. The summed E-state index contributed by atoms with van der Waals surface area (Å²) in [5.74, 6) is -0.143. The molecule has 8 heteroatoms. The number of rotatable bonds is 4. The van der Waals surface area contributed by atoms with Crippen LogP contribution in [-0.4, -0.2) is 52.2 Å². The molecule has 1 aromatic rings. The minimum Gasteiger partial charge on any atom is -0.494 e. The third-order valence-corrected chi connectivity index (χ3v) is 3.82. The summed E-state index contributed by atoms with van der Waals surface area (Å²) in [6, 6.07) is -0.00936. The van der Waals surface area contributed by atoms with Crippen LogP contribution in [0, 0.1) is 4.77 Å². The smallest absolute Gasteiger partial charge is 0.264 e. The lowest BCUT2D eigenvalue weighted by molar-refractivity contribution is 0.0396. The summed E-state index contributed by atoms with van der Waals surface area (Å²) in [6.07, 6.45) is 2.17. The van der Waals surface area contributed by atoms with E-state index in [1.54, 1.807) is 5.01 Å². The minimum atomic E-state index is -0.436. The van der Waals surface area contributed by atoms with E-state index in [4.69, 9.17) is 17.0 Å². The molecular formula is C13H20N4O3S. The number of aromatic amines is 1. The van der Waals surface area contributed by atoms with Gasteiger partial charge in [0.05, 0.1) is 32.5 Å². The number of nitrogens with zero attached hydrogens (tertiary/aromatic N) is 3. The van der Waals surface area contributed by atoms with Crippen molar-refractivity contribution in [1.82, 2.24) is 14.6 Å². The van der Waals surface area contributed by atoms with Gasteiger partial charge >= 0.3 is 0 Å². The topological polar surface area (TPSA) is 82.8 Å². The average molecular weight is 312 g/mol. The molecule has 0 aliphatic carbocycles. The lowest BCUT2D eigenvalue weighted by Crippen LogP contribution is -2.32. The van der Waals surface area contributed by atoms with Crippen LogP contribution in [0.25, 0.3) is 0 Å². The molecule has 116 valence electrons. The van der Waals surface area contributed by atoms with Crippen LogP contribution in [0.3, 0.4) is 0 Å². The van der Waals surface area contributed by atoms with Gasteiger partial charge in [-0.2, -0.15) is 5.10 Å². The molecule has 1 aliphatic heterocycles. The first kappa shape index (κ1) is 15.7. The van der Waals surface area contributed by atoms with E-state index in [2.05, 4.69) is 10.1 Å². The fraction of sp³-hybridized carbons (Fsp3) is 0.615. The fourth-order valence-corrected chi connectivity index (χ4v) is 2.43. The SMILES string of the molecule is CCC(C)n1c(O)c(/C=N/N2CCOCC2)c(=O)[nH]c1=S. The first-order chi connectivity index (χ1) is 10.0. The van der Waals surface area contributed by atoms with Crippen molar-refractivity contribution in [3.8, 4) is 5.88 Å². The van der Waals surface area contributed by atoms with Crippen molar-refractivity contribution in [2.24, 2.45) is 5.10 Å². The van der Waals surface area contributed by atoms with Crippen molar-refractivity contribution in [2.75, 3.05) is 26.3 Å². The number of aromatic hydroxyl groups is 1. The van der Waals surface area contributed by atoms with Gasteiger partial charge in [0.2, 0.25) is 5.88 Å². The Morgan fingerprint density at radius 1 is 1.52 bits per heavy atom. The first-order valence-electron chi connectivity index (χ1n) is 6.99. The number of H-pyrrole nitrogens is 1. The minimum absolute atomic E-state index is 0.00936. The van der Waals surface area contributed by atoms with Crippen LogP contribution in [0.2, 0.25) is 0 Å². The highest BCUT2D eigenvalue weighted by molar-refractivity contribution is 7.71.